The summed E-state index contributed by atoms with van der Waals surface area (Å²) in [6, 6.07) is 19.8. The summed E-state index contributed by atoms with van der Waals surface area (Å²) in [6.07, 6.45) is 3.62. The number of fused-ring (bicyclic) bond motifs is 2. The Kier molecular flexibility index (Phi) is 6.28. The molecule has 3 aromatic rings. The van der Waals surface area contributed by atoms with Gasteiger partial charge in [-0.05, 0) is 80.5 Å². The number of hydrogen-bond donors (Lipinski definition) is 1. The molecule has 5 rings (SSSR count). The highest BCUT2D eigenvalue weighted by Crippen LogP contribution is 2.37. The van der Waals surface area contributed by atoms with E-state index < -0.39 is 16.1 Å². The van der Waals surface area contributed by atoms with Crippen LogP contribution in [-0.4, -0.2) is 27.0 Å². The Hall–Kier alpha value is -3.32. The van der Waals surface area contributed by atoms with Crippen LogP contribution in [0.25, 0.3) is 0 Å². The normalized spacial score (nSPS) is 18.1. The molecule has 35 heavy (non-hydrogen) atoms. The van der Waals surface area contributed by atoms with Crippen molar-refractivity contribution in [1.29, 1.82) is 0 Å². The van der Waals surface area contributed by atoms with Crippen LogP contribution in [0.5, 0.6) is 5.75 Å². The molecule has 6 nitrogen and oxygen atoms in total. The molecule has 0 radical (unpaired) electrons. The zero-order chi connectivity index (χ0) is 24.6. The number of carbonyl (C=O) groups excluding carboxylic acids is 1. The number of carbonyl (C=O) groups is 1. The number of sulfonamides is 1. The minimum Gasteiger partial charge on any atom is -0.476 e. The van der Waals surface area contributed by atoms with Gasteiger partial charge in [0.15, 0.2) is 6.10 Å². The summed E-state index contributed by atoms with van der Waals surface area (Å²) < 4.78 is 34.4. The molecule has 0 saturated heterocycles. The van der Waals surface area contributed by atoms with Crippen LogP contribution in [0.3, 0.4) is 0 Å². The number of hydrogen-bond acceptors (Lipinski definition) is 4. The van der Waals surface area contributed by atoms with Crippen LogP contribution in [0.1, 0.15) is 48.1 Å². The fourth-order valence-electron chi connectivity index (χ4n) is 4.82. The molecule has 7 heteroatoms. The van der Waals surface area contributed by atoms with Crippen molar-refractivity contribution in [3.63, 3.8) is 0 Å². The molecule has 0 aromatic heterocycles. The van der Waals surface area contributed by atoms with Gasteiger partial charge in [0.05, 0.1) is 23.2 Å². The first-order chi connectivity index (χ1) is 16.8. The average molecular weight is 491 g/mol. The van der Waals surface area contributed by atoms with Crippen molar-refractivity contribution in [2.45, 2.75) is 56.6 Å². The SMILES string of the molecule is Cc1ccc(S(=O)(=O)N2CC(C(=O)NC(C)c3ccc4c(c3)CCCC4)Oc3ccccc32)cc1. The van der Waals surface area contributed by atoms with Crippen molar-refractivity contribution >= 4 is 21.6 Å². The standard InChI is InChI=1S/C28H30N2O4S/c1-19-11-15-24(16-12-19)35(32,33)30-18-27(34-26-10-6-5-9-25(26)30)28(31)29-20(2)22-14-13-21-7-3-4-8-23(21)17-22/h5-6,9-17,20,27H,3-4,7-8,18H2,1-2H3,(H,29,31). The maximum absolute atomic E-state index is 13.5. The van der Waals surface area contributed by atoms with Gasteiger partial charge < -0.3 is 10.1 Å². The van der Waals surface area contributed by atoms with Crippen LogP contribution < -0.4 is 14.4 Å². The van der Waals surface area contributed by atoms with Crippen molar-refractivity contribution in [2.75, 3.05) is 10.8 Å². The largest absolute Gasteiger partial charge is 0.476 e. The summed E-state index contributed by atoms with van der Waals surface area (Å²) in [5, 5.41) is 3.04. The van der Waals surface area contributed by atoms with E-state index in [0.29, 0.717) is 11.4 Å². The maximum atomic E-state index is 13.5. The number of nitrogens with one attached hydrogen (secondary N) is 1. The third-order valence-electron chi connectivity index (χ3n) is 6.87. The van der Waals surface area contributed by atoms with E-state index in [1.165, 1.54) is 28.3 Å². The minimum atomic E-state index is -3.88. The molecule has 0 bridgehead atoms. The number of ether oxygens (including phenoxy) is 1. The van der Waals surface area contributed by atoms with Gasteiger partial charge in [0.25, 0.3) is 15.9 Å². The molecular formula is C28H30N2O4S. The zero-order valence-corrected chi connectivity index (χ0v) is 20.8. The molecule has 1 aliphatic carbocycles. The Labute approximate surface area is 207 Å². The third-order valence-corrected chi connectivity index (χ3v) is 8.66. The summed E-state index contributed by atoms with van der Waals surface area (Å²) in [6.45, 7) is 3.75. The van der Waals surface area contributed by atoms with Gasteiger partial charge in [-0.2, -0.15) is 0 Å². The Morgan fingerprint density at radius 1 is 1.00 bits per heavy atom. The predicted octanol–water partition coefficient (Wildman–Crippen LogP) is 4.71. The summed E-state index contributed by atoms with van der Waals surface area (Å²) >= 11 is 0. The van der Waals surface area contributed by atoms with E-state index in [1.54, 1.807) is 48.5 Å². The number of anilines is 1. The van der Waals surface area contributed by atoms with Gasteiger partial charge in [0.2, 0.25) is 0 Å². The van der Waals surface area contributed by atoms with E-state index in [1.807, 2.05) is 13.8 Å². The van der Waals surface area contributed by atoms with Crippen LogP contribution in [0.4, 0.5) is 5.69 Å². The van der Waals surface area contributed by atoms with Crippen molar-refractivity contribution in [2.24, 2.45) is 0 Å². The molecule has 3 aromatic carbocycles. The van der Waals surface area contributed by atoms with Crippen molar-refractivity contribution in [1.82, 2.24) is 5.32 Å². The molecule has 1 heterocycles. The van der Waals surface area contributed by atoms with Crippen LogP contribution >= 0.6 is 0 Å². The van der Waals surface area contributed by atoms with E-state index in [4.69, 9.17) is 4.74 Å². The quantitative estimate of drug-likeness (QED) is 0.562. The second-order valence-corrected chi connectivity index (χ2v) is 11.3. The summed E-state index contributed by atoms with van der Waals surface area (Å²) in [5.74, 6) is 0.0323. The first-order valence-corrected chi connectivity index (χ1v) is 13.5. The van der Waals surface area contributed by atoms with E-state index in [9.17, 15) is 13.2 Å². The fourth-order valence-corrected chi connectivity index (χ4v) is 6.29. The minimum absolute atomic E-state index is 0.101. The van der Waals surface area contributed by atoms with Gasteiger partial charge in [-0.3, -0.25) is 9.10 Å². The average Bonchev–Trinajstić information content (AvgIpc) is 2.87. The molecule has 1 N–H and O–H groups in total. The lowest BCUT2D eigenvalue weighted by atomic mass is 9.89. The second-order valence-electron chi connectivity index (χ2n) is 9.39. The van der Waals surface area contributed by atoms with Gasteiger partial charge in [-0.1, -0.05) is 48.0 Å². The van der Waals surface area contributed by atoms with E-state index in [0.717, 1.165) is 24.0 Å². The fraction of sp³-hybridized carbons (Fsp3) is 0.321. The predicted molar refractivity (Wildman–Crippen MR) is 136 cm³/mol. The molecule has 1 aliphatic heterocycles. The van der Waals surface area contributed by atoms with Gasteiger partial charge >= 0.3 is 0 Å². The Morgan fingerprint density at radius 3 is 2.49 bits per heavy atom. The van der Waals surface area contributed by atoms with Crippen LogP contribution in [-0.2, 0) is 27.7 Å². The summed E-state index contributed by atoms with van der Waals surface area (Å²) in [5.41, 5.74) is 5.19. The number of para-hydroxylation sites is 2. The van der Waals surface area contributed by atoms with Crippen molar-refractivity contribution in [3.8, 4) is 5.75 Å². The number of rotatable bonds is 5. The molecule has 0 spiro atoms. The van der Waals surface area contributed by atoms with Crippen LogP contribution in [0, 0.1) is 6.92 Å². The van der Waals surface area contributed by atoms with Crippen LogP contribution in [0.15, 0.2) is 71.6 Å². The van der Waals surface area contributed by atoms with Crippen molar-refractivity contribution < 1.29 is 17.9 Å². The van der Waals surface area contributed by atoms with E-state index in [2.05, 4.69) is 23.5 Å². The van der Waals surface area contributed by atoms with Gasteiger partial charge in [-0.15, -0.1) is 0 Å². The van der Waals surface area contributed by atoms with Gasteiger partial charge in [-0.25, -0.2) is 8.42 Å². The molecular weight excluding hydrogens is 460 g/mol. The highest BCUT2D eigenvalue weighted by Gasteiger charge is 2.37. The molecule has 0 saturated carbocycles. The monoisotopic (exact) mass is 490 g/mol. The molecule has 1 amide bonds. The Balaban J connectivity index is 1.38. The Bertz CT molecular complexity index is 1350. The first-order valence-electron chi connectivity index (χ1n) is 12.1. The number of amides is 1. The van der Waals surface area contributed by atoms with E-state index >= 15 is 0 Å². The lowest BCUT2D eigenvalue weighted by Gasteiger charge is -2.35. The summed E-state index contributed by atoms with van der Waals surface area (Å²) in [7, 11) is -3.88. The molecule has 2 aliphatic rings. The molecule has 182 valence electrons. The van der Waals surface area contributed by atoms with E-state index in [-0.39, 0.29) is 23.4 Å². The van der Waals surface area contributed by atoms with Crippen molar-refractivity contribution in [3.05, 3.63) is 89.0 Å². The number of nitrogens with zero attached hydrogens (tertiary/aromatic N) is 1. The lowest BCUT2D eigenvalue weighted by molar-refractivity contribution is -0.128. The second kappa shape index (κ2) is 9.38. The number of aryl methyl sites for hydroxylation is 3. The smallest absolute Gasteiger partial charge is 0.264 e. The van der Waals surface area contributed by atoms with Gasteiger partial charge in [0, 0.05) is 0 Å². The highest BCUT2D eigenvalue weighted by atomic mass is 32.2. The van der Waals surface area contributed by atoms with Crippen LogP contribution in [0.2, 0.25) is 0 Å². The number of benzene rings is 3. The van der Waals surface area contributed by atoms with Gasteiger partial charge in [0.1, 0.15) is 5.75 Å². The Morgan fingerprint density at radius 2 is 1.71 bits per heavy atom. The zero-order valence-electron chi connectivity index (χ0n) is 20.0. The lowest BCUT2D eigenvalue weighted by Crippen LogP contribution is -2.51. The maximum Gasteiger partial charge on any atom is 0.264 e. The first kappa shape index (κ1) is 23.4. The third kappa shape index (κ3) is 4.65. The summed E-state index contributed by atoms with van der Waals surface area (Å²) in [4.78, 5) is 13.5. The highest BCUT2D eigenvalue weighted by molar-refractivity contribution is 7.92. The molecule has 2 atom stereocenters. The topological polar surface area (TPSA) is 75.7 Å². The molecule has 2 unspecified atom stereocenters. The molecule has 0 fully saturated rings.